The standard InChI is InChI=1S/C24H36N4O3/c1-18(2)20(4)28(15-21-7-5-6-19(3)14-21)16-23-26-22(17-31-23)24(29)25-8-9-27-10-12-30-13-11-27/h5-7,14,17-18,20H,8-13,15-16H2,1-4H3,(H,25,29)/t20-/m0/s1. The summed E-state index contributed by atoms with van der Waals surface area (Å²) in [4.78, 5) is 21.6. The van der Waals surface area contributed by atoms with Crippen LogP contribution in [0.5, 0.6) is 0 Å². The zero-order valence-electron chi connectivity index (χ0n) is 19.3. The molecule has 0 bridgehead atoms. The van der Waals surface area contributed by atoms with Gasteiger partial charge < -0.3 is 14.5 Å². The second-order valence-electron chi connectivity index (χ2n) is 8.72. The van der Waals surface area contributed by atoms with Gasteiger partial charge >= 0.3 is 0 Å². The highest BCUT2D eigenvalue weighted by Gasteiger charge is 2.21. The minimum atomic E-state index is -0.189. The number of morpholine rings is 1. The molecule has 1 fully saturated rings. The molecule has 0 unspecified atom stereocenters. The van der Waals surface area contributed by atoms with Crippen molar-refractivity contribution in [2.45, 2.75) is 46.8 Å². The summed E-state index contributed by atoms with van der Waals surface area (Å²) in [6.07, 6.45) is 1.46. The summed E-state index contributed by atoms with van der Waals surface area (Å²) in [7, 11) is 0. The fourth-order valence-corrected chi connectivity index (χ4v) is 3.71. The van der Waals surface area contributed by atoms with E-state index in [1.807, 2.05) is 0 Å². The van der Waals surface area contributed by atoms with Gasteiger partial charge in [-0.15, -0.1) is 0 Å². The average Bonchev–Trinajstić information content (AvgIpc) is 3.22. The van der Waals surface area contributed by atoms with E-state index in [1.54, 1.807) is 0 Å². The Morgan fingerprint density at radius 1 is 1.23 bits per heavy atom. The molecule has 1 saturated heterocycles. The molecule has 1 atom stereocenters. The topological polar surface area (TPSA) is 70.8 Å². The van der Waals surface area contributed by atoms with Gasteiger partial charge in [-0.3, -0.25) is 14.6 Å². The van der Waals surface area contributed by atoms with Gasteiger partial charge in [-0.1, -0.05) is 43.7 Å². The van der Waals surface area contributed by atoms with Crippen LogP contribution in [-0.4, -0.2) is 66.1 Å². The Balaban J connectivity index is 1.57. The summed E-state index contributed by atoms with van der Waals surface area (Å²) < 4.78 is 11.0. The Hall–Kier alpha value is -2.22. The van der Waals surface area contributed by atoms with E-state index in [1.165, 1.54) is 17.4 Å². The van der Waals surface area contributed by atoms with Crippen LogP contribution >= 0.6 is 0 Å². The lowest BCUT2D eigenvalue weighted by molar-refractivity contribution is 0.0383. The van der Waals surface area contributed by atoms with Crippen molar-refractivity contribution in [1.82, 2.24) is 20.1 Å². The Bertz CT molecular complexity index is 830. The number of nitrogens with one attached hydrogen (secondary N) is 1. The first-order valence-corrected chi connectivity index (χ1v) is 11.2. The minimum Gasteiger partial charge on any atom is -0.447 e. The van der Waals surface area contributed by atoms with Crippen LogP contribution in [0.4, 0.5) is 0 Å². The molecule has 2 heterocycles. The Morgan fingerprint density at radius 3 is 2.71 bits per heavy atom. The molecule has 170 valence electrons. The Kier molecular flexibility index (Phi) is 8.63. The molecule has 3 rings (SSSR count). The third-order valence-corrected chi connectivity index (χ3v) is 5.95. The lowest BCUT2D eigenvalue weighted by atomic mass is 10.0. The Labute approximate surface area is 185 Å². The number of carbonyl (C=O) groups excluding carboxylic acids is 1. The van der Waals surface area contributed by atoms with Crippen molar-refractivity contribution in [3.05, 3.63) is 53.2 Å². The van der Waals surface area contributed by atoms with Gasteiger partial charge in [-0.05, 0) is 25.3 Å². The summed E-state index contributed by atoms with van der Waals surface area (Å²) in [6.45, 7) is 14.9. The second kappa shape index (κ2) is 11.4. The molecular weight excluding hydrogens is 392 g/mol. The summed E-state index contributed by atoms with van der Waals surface area (Å²) in [6, 6.07) is 8.91. The van der Waals surface area contributed by atoms with E-state index in [4.69, 9.17) is 9.15 Å². The maximum atomic E-state index is 12.5. The number of aryl methyl sites for hydroxylation is 1. The van der Waals surface area contributed by atoms with E-state index in [0.29, 0.717) is 36.6 Å². The van der Waals surface area contributed by atoms with Crippen molar-refractivity contribution in [3.8, 4) is 0 Å². The largest absolute Gasteiger partial charge is 0.447 e. The van der Waals surface area contributed by atoms with Gasteiger partial charge in [0.15, 0.2) is 5.69 Å². The van der Waals surface area contributed by atoms with Crippen molar-refractivity contribution < 1.29 is 13.9 Å². The number of carbonyl (C=O) groups is 1. The van der Waals surface area contributed by atoms with E-state index in [0.717, 1.165) is 39.4 Å². The zero-order valence-corrected chi connectivity index (χ0v) is 19.3. The fraction of sp³-hybridized carbons (Fsp3) is 0.583. The number of hydrogen-bond acceptors (Lipinski definition) is 6. The number of amides is 1. The first kappa shape index (κ1) is 23.4. The summed E-state index contributed by atoms with van der Waals surface area (Å²) in [5.74, 6) is 0.867. The molecule has 0 saturated carbocycles. The van der Waals surface area contributed by atoms with Crippen LogP contribution in [-0.2, 0) is 17.8 Å². The molecule has 7 nitrogen and oxygen atoms in total. The predicted octanol–water partition coefficient (Wildman–Crippen LogP) is 3.09. The van der Waals surface area contributed by atoms with Crippen LogP contribution in [0.15, 0.2) is 34.9 Å². The van der Waals surface area contributed by atoms with Crippen molar-refractivity contribution in [2.24, 2.45) is 5.92 Å². The van der Waals surface area contributed by atoms with E-state index in [-0.39, 0.29) is 5.91 Å². The summed E-state index contributed by atoms with van der Waals surface area (Å²) in [5.41, 5.74) is 2.85. The van der Waals surface area contributed by atoms with Crippen LogP contribution in [0.3, 0.4) is 0 Å². The second-order valence-corrected chi connectivity index (χ2v) is 8.72. The van der Waals surface area contributed by atoms with Crippen LogP contribution in [0.25, 0.3) is 0 Å². The van der Waals surface area contributed by atoms with Gasteiger partial charge in [-0.25, -0.2) is 4.98 Å². The average molecular weight is 429 g/mol. The van der Waals surface area contributed by atoms with Gasteiger partial charge in [0.05, 0.1) is 19.8 Å². The number of aromatic nitrogens is 1. The number of rotatable bonds is 10. The van der Waals surface area contributed by atoms with Crippen molar-refractivity contribution in [2.75, 3.05) is 39.4 Å². The molecule has 1 aromatic heterocycles. The number of nitrogens with zero attached hydrogens (tertiary/aromatic N) is 3. The van der Waals surface area contributed by atoms with Crippen molar-refractivity contribution in [1.29, 1.82) is 0 Å². The lowest BCUT2D eigenvalue weighted by Gasteiger charge is -2.30. The van der Waals surface area contributed by atoms with E-state index < -0.39 is 0 Å². The summed E-state index contributed by atoms with van der Waals surface area (Å²) in [5, 5.41) is 2.94. The van der Waals surface area contributed by atoms with Crippen molar-refractivity contribution >= 4 is 5.91 Å². The third kappa shape index (κ3) is 7.16. The Morgan fingerprint density at radius 2 is 2.00 bits per heavy atom. The third-order valence-electron chi connectivity index (χ3n) is 5.95. The quantitative estimate of drug-likeness (QED) is 0.627. The zero-order chi connectivity index (χ0) is 22.2. The van der Waals surface area contributed by atoms with Gasteiger partial charge in [0.1, 0.15) is 6.26 Å². The van der Waals surface area contributed by atoms with E-state index >= 15 is 0 Å². The molecule has 1 aliphatic rings. The predicted molar refractivity (Wildman–Crippen MR) is 121 cm³/mol. The normalized spacial score (nSPS) is 16.1. The van der Waals surface area contributed by atoms with Gasteiger partial charge in [-0.2, -0.15) is 0 Å². The minimum absolute atomic E-state index is 0.189. The van der Waals surface area contributed by atoms with Gasteiger partial charge in [0.2, 0.25) is 5.89 Å². The molecule has 1 N–H and O–H groups in total. The first-order chi connectivity index (χ1) is 14.9. The maximum absolute atomic E-state index is 12.5. The highest BCUT2D eigenvalue weighted by molar-refractivity contribution is 5.91. The van der Waals surface area contributed by atoms with E-state index in [9.17, 15) is 4.79 Å². The summed E-state index contributed by atoms with van der Waals surface area (Å²) >= 11 is 0. The molecule has 1 aromatic carbocycles. The fourth-order valence-electron chi connectivity index (χ4n) is 3.71. The van der Waals surface area contributed by atoms with Gasteiger partial charge in [0, 0.05) is 38.8 Å². The maximum Gasteiger partial charge on any atom is 0.273 e. The molecule has 1 amide bonds. The smallest absolute Gasteiger partial charge is 0.273 e. The number of oxazole rings is 1. The van der Waals surface area contributed by atoms with Crippen LogP contribution in [0.2, 0.25) is 0 Å². The van der Waals surface area contributed by atoms with Crippen LogP contribution in [0.1, 0.15) is 48.3 Å². The molecule has 0 spiro atoms. The molecule has 0 aliphatic carbocycles. The van der Waals surface area contributed by atoms with Crippen LogP contribution in [0, 0.1) is 12.8 Å². The SMILES string of the molecule is Cc1cccc(CN(Cc2nc(C(=O)NCCN3CCOCC3)co2)[C@@H](C)C(C)C)c1. The number of ether oxygens (including phenoxy) is 1. The monoisotopic (exact) mass is 428 g/mol. The van der Waals surface area contributed by atoms with E-state index in [2.05, 4.69) is 72.1 Å². The highest BCUT2D eigenvalue weighted by atomic mass is 16.5. The highest BCUT2D eigenvalue weighted by Crippen LogP contribution is 2.18. The molecule has 2 aromatic rings. The number of benzene rings is 1. The molecule has 1 aliphatic heterocycles. The molecule has 0 radical (unpaired) electrons. The molecular formula is C24H36N4O3. The number of hydrogen-bond donors (Lipinski definition) is 1. The molecule has 31 heavy (non-hydrogen) atoms. The lowest BCUT2D eigenvalue weighted by Crippen LogP contribution is -2.41. The van der Waals surface area contributed by atoms with Crippen molar-refractivity contribution in [3.63, 3.8) is 0 Å². The van der Waals surface area contributed by atoms with Gasteiger partial charge in [0.25, 0.3) is 5.91 Å². The van der Waals surface area contributed by atoms with Crippen LogP contribution < -0.4 is 5.32 Å². The molecule has 7 heteroatoms. The first-order valence-electron chi connectivity index (χ1n) is 11.2.